The molecule has 10 aromatic rings. The molecule has 2 aliphatic carbocycles. The Morgan fingerprint density at radius 2 is 0.929 bits per heavy atom. The van der Waals surface area contributed by atoms with E-state index in [2.05, 4.69) is 180 Å². The Labute approximate surface area is 324 Å². The number of nitrogens with zero attached hydrogens (tertiary/aromatic N) is 3. The second-order valence-corrected chi connectivity index (χ2v) is 14.9. The third kappa shape index (κ3) is 4.22. The third-order valence-electron chi connectivity index (χ3n) is 12.0. The number of aromatic nitrogens is 3. The van der Waals surface area contributed by atoms with E-state index in [1.807, 2.05) is 24.3 Å². The first-order chi connectivity index (χ1) is 27.8. The molecule has 2 aromatic heterocycles. The van der Waals surface area contributed by atoms with E-state index in [0.29, 0.717) is 5.82 Å². The molecule has 0 fully saturated rings. The van der Waals surface area contributed by atoms with E-state index in [4.69, 9.17) is 9.97 Å². The van der Waals surface area contributed by atoms with Crippen LogP contribution in [0.3, 0.4) is 0 Å². The van der Waals surface area contributed by atoms with Crippen molar-refractivity contribution in [1.82, 2.24) is 14.5 Å². The molecule has 2 aliphatic rings. The topological polar surface area (TPSA) is 30.7 Å². The maximum Gasteiger partial charge on any atom is 0.160 e. The SMILES string of the molecule is c1ccc(-c2cc(-c3cccc(-n4c5ccccc5c5c6c(ccc54)C4(c5ccccc5-c5ccccc54)c4ccccc4-6)c3)nc(-c3ccccc3)n2)cc1. The number of benzene rings is 8. The minimum atomic E-state index is -0.393. The van der Waals surface area contributed by atoms with Gasteiger partial charge in [-0.25, -0.2) is 9.97 Å². The van der Waals surface area contributed by atoms with Crippen LogP contribution >= 0.6 is 0 Å². The smallest absolute Gasteiger partial charge is 0.160 e. The highest BCUT2D eigenvalue weighted by Crippen LogP contribution is 2.64. The molecule has 0 N–H and O–H groups in total. The molecule has 0 aliphatic heterocycles. The first kappa shape index (κ1) is 31.0. The maximum absolute atomic E-state index is 5.18. The summed E-state index contributed by atoms with van der Waals surface area (Å²) in [6.07, 6.45) is 0. The van der Waals surface area contributed by atoms with Gasteiger partial charge in [-0.2, -0.15) is 0 Å². The van der Waals surface area contributed by atoms with Gasteiger partial charge in [-0.3, -0.25) is 0 Å². The van der Waals surface area contributed by atoms with Gasteiger partial charge in [0.05, 0.1) is 27.8 Å². The standard InChI is InChI=1S/C53H33N3/c1-3-16-34(17-4-1)46-33-47(55-52(54-46)35-18-5-2-6-19-35)36-20-15-21-37(32-36)56-48-29-14-10-25-41(48)51-49(56)31-30-45-50(51)40-24-9-13-28-44(40)53(45)42-26-11-7-22-38(42)39-23-8-12-27-43(39)53/h1-33H. The highest BCUT2D eigenvalue weighted by molar-refractivity contribution is 6.19. The molecule has 3 heteroatoms. The molecule has 3 nitrogen and oxygen atoms in total. The summed E-state index contributed by atoms with van der Waals surface area (Å²) in [5, 5.41) is 2.53. The Morgan fingerprint density at radius 1 is 0.375 bits per heavy atom. The normalized spacial score (nSPS) is 13.1. The first-order valence-electron chi connectivity index (χ1n) is 19.3. The Balaban J connectivity index is 1.11. The van der Waals surface area contributed by atoms with E-state index < -0.39 is 5.41 Å². The van der Waals surface area contributed by atoms with Gasteiger partial charge in [0.1, 0.15) is 0 Å². The van der Waals surface area contributed by atoms with Crippen LogP contribution in [-0.4, -0.2) is 14.5 Å². The van der Waals surface area contributed by atoms with Crippen LogP contribution in [0.25, 0.3) is 83.6 Å². The van der Waals surface area contributed by atoms with Crippen molar-refractivity contribution in [2.24, 2.45) is 0 Å². The number of rotatable bonds is 4. The fourth-order valence-corrected chi connectivity index (χ4v) is 9.79. The quantitative estimate of drug-likeness (QED) is 0.182. The summed E-state index contributed by atoms with van der Waals surface area (Å²) < 4.78 is 2.44. The number of fused-ring (bicyclic) bond motifs is 14. The van der Waals surface area contributed by atoms with Crippen molar-refractivity contribution >= 4 is 21.8 Å². The third-order valence-corrected chi connectivity index (χ3v) is 12.0. The lowest BCUT2D eigenvalue weighted by atomic mass is 9.70. The molecule has 260 valence electrons. The lowest BCUT2D eigenvalue weighted by molar-refractivity contribution is 0.794. The summed E-state index contributed by atoms with van der Waals surface area (Å²) in [6, 6.07) is 72.4. The van der Waals surface area contributed by atoms with Crippen LogP contribution in [-0.2, 0) is 5.41 Å². The van der Waals surface area contributed by atoms with Gasteiger partial charge in [-0.1, -0.05) is 170 Å². The summed E-state index contributed by atoms with van der Waals surface area (Å²) in [5.74, 6) is 0.711. The van der Waals surface area contributed by atoms with Crippen molar-refractivity contribution < 1.29 is 0 Å². The molecule has 0 radical (unpaired) electrons. The molecule has 56 heavy (non-hydrogen) atoms. The molecular formula is C53H33N3. The molecule has 2 heterocycles. The van der Waals surface area contributed by atoms with Crippen LogP contribution in [0.4, 0.5) is 0 Å². The van der Waals surface area contributed by atoms with E-state index >= 15 is 0 Å². The summed E-state index contributed by atoms with van der Waals surface area (Å²) >= 11 is 0. The molecule has 0 unspecified atom stereocenters. The fraction of sp³-hybridized carbons (Fsp3) is 0.0189. The van der Waals surface area contributed by atoms with E-state index in [1.54, 1.807) is 0 Å². The van der Waals surface area contributed by atoms with Gasteiger partial charge >= 0.3 is 0 Å². The largest absolute Gasteiger partial charge is 0.309 e. The Bertz CT molecular complexity index is 3090. The highest BCUT2D eigenvalue weighted by Gasteiger charge is 2.52. The summed E-state index contributed by atoms with van der Waals surface area (Å²) in [7, 11) is 0. The minimum Gasteiger partial charge on any atom is -0.309 e. The monoisotopic (exact) mass is 711 g/mol. The van der Waals surface area contributed by atoms with Gasteiger partial charge in [0.2, 0.25) is 0 Å². The average molecular weight is 712 g/mol. The zero-order valence-corrected chi connectivity index (χ0v) is 30.4. The van der Waals surface area contributed by atoms with Crippen molar-refractivity contribution in [1.29, 1.82) is 0 Å². The Morgan fingerprint density at radius 3 is 1.64 bits per heavy atom. The van der Waals surface area contributed by atoms with Crippen molar-refractivity contribution in [3.05, 3.63) is 222 Å². The molecule has 0 atom stereocenters. The molecule has 1 spiro atoms. The second-order valence-electron chi connectivity index (χ2n) is 14.9. The molecule has 0 saturated carbocycles. The number of hydrogen-bond acceptors (Lipinski definition) is 2. The fourth-order valence-electron chi connectivity index (χ4n) is 9.79. The molecular weight excluding hydrogens is 679 g/mol. The Kier molecular flexibility index (Phi) is 6.55. The Hall–Kier alpha value is -7.36. The summed E-state index contributed by atoms with van der Waals surface area (Å²) in [5.41, 5.74) is 18.6. The van der Waals surface area contributed by atoms with Crippen molar-refractivity contribution in [3.8, 4) is 61.8 Å². The van der Waals surface area contributed by atoms with Crippen molar-refractivity contribution in [2.75, 3.05) is 0 Å². The number of para-hydroxylation sites is 1. The van der Waals surface area contributed by atoms with Crippen LogP contribution in [0.2, 0.25) is 0 Å². The maximum atomic E-state index is 5.18. The van der Waals surface area contributed by atoms with E-state index in [9.17, 15) is 0 Å². The highest BCUT2D eigenvalue weighted by atomic mass is 15.0. The average Bonchev–Trinajstić information content (AvgIpc) is 3.89. The van der Waals surface area contributed by atoms with E-state index in [1.165, 1.54) is 66.3 Å². The van der Waals surface area contributed by atoms with E-state index in [0.717, 1.165) is 33.8 Å². The lowest BCUT2D eigenvalue weighted by Gasteiger charge is -2.30. The van der Waals surface area contributed by atoms with Gasteiger partial charge in [0, 0.05) is 33.2 Å². The van der Waals surface area contributed by atoms with Crippen LogP contribution < -0.4 is 0 Å². The van der Waals surface area contributed by atoms with E-state index in [-0.39, 0.29) is 0 Å². The van der Waals surface area contributed by atoms with Crippen LogP contribution in [0, 0.1) is 0 Å². The predicted octanol–water partition coefficient (Wildman–Crippen LogP) is 12.9. The van der Waals surface area contributed by atoms with Gasteiger partial charge in [0.15, 0.2) is 5.82 Å². The molecule has 0 amide bonds. The molecule has 8 aromatic carbocycles. The van der Waals surface area contributed by atoms with Gasteiger partial charge in [0.25, 0.3) is 0 Å². The minimum absolute atomic E-state index is 0.393. The molecule has 0 bridgehead atoms. The van der Waals surface area contributed by atoms with Crippen LogP contribution in [0.5, 0.6) is 0 Å². The second kappa shape index (κ2) is 11.8. The zero-order valence-electron chi connectivity index (χ0n) is 30.4. The van der Waals surface area contributed by atoms with Crippen molar-refractivity contribution in [2.45, 2.75) is 5.41 Å². The van der Waals surface area contributed by atoms with Gasteiger partial charge < -0.3 is 4.57 Å². The lowest BCUT2D eigenvalue weighted by Crippen LogP contribution is -2.25. The van der Waals surface area contributed by atoms with Crippen LogP contribution in [0.1, 0.15) is 22.3 Å². The van der Waals surface area contributed by atoms with Crippen molar-refractivity contribution in [3.63, 3.8) is 0 Å². The van der Waals surface area contributed by atoms with Gasteiger partial charge in [-0.15, -0.1) is 0 Å². The summed E-state index contributed by atoms with van der Waals surface area (Å²) in [6.45, 7) is 0. The zero-order chi connectivity index (χ0) is 36.8. The summed E-state index contributed by atoms with van der Waals surface area (Å²) in [4.78, 5) is 10.2. The predicted molar refractivity (Wildman–Crippen MR) is 229 cm³/mol. The number of hydrogen-bond donors (Lipinski definition) is 0. The molecule has 12 rings (SSSR count). The van der Waals surface area contributed by atoms with Gasteiger partial charge in [-0.05, 0) is 74.8 Å². The molecule has 0 saturated heterocycles. The van der Waals surface area contributed by atoms with Crippen LogP contribution in [0.15, 0.2) is 200 Å². The first-order valence-corrected chi connectivity index (χ1v) is 19.3.